The molecule has 0 fully saturated rings. The van der Waals surface area contributed by atoms with Gasteiger partial charge in [-0.15, -0.1) is 0 Å². The average Bonchev–Trinajstić information content (AvgIpc) is 2.43. The lowest BCUT2D eigenvalue weighted by Crippen LogP contribution is -2.17. The quantitative estimate of drug-likeness (QED) is 0.932. The molecule has 1 heterocycles. The minimum absolute atomic E-state index is 0.128. The Bertz CT molecular complexity index is 614. The number of hydrogen-bond donors (Lipinski definition) is 1. The van der Waals surface area contributed by atoms with E-state index in [1.165, 1.54) is 0 Å². The Balaban J connectivity index is 2.25. The molecule has 1 unspecified atom stereocenters. The van der Waals surface area contributed by atoms with Crippen LogP contribution < -0.4 is 5.73 Å². The van der Waals surface area contributed by atoms with Gasteiger partial charge in [0.1, 0.15) is 0 Å². The summed E-state index contributed by atoms with van der Waals surface area (Å²) in [7, 11) is 0. The number of benzene rings is 1. The lowest BCUT2D eigenvalue weighted by Gasteiger charge is -2.15. The molecule has 5 heteroatoms. The fraction of sp³-hybridized carbons (Fsp3) is 0.333. The maximum absolute atomic E-state index is 6.32. The van der Waals surface area contributed by atoms with Gasteiger partial charge in [-0.25, -0.2) is 0 Å². The van der Waals surface area contributed by atoms with E-state index in [0.717, 1.165) is 28.9 Å². The molecular weight excluding hydrogens is 293 g/mol. The van der Waals surface area contributed by atoms with Gasteiger partial charge in [-0.2, -0.15) is 10.2 Å². The van der Waals surface area contributed by atoms with Gasteiger partial charge in [-0.1, -0.05) is 36.2 Å². The Morgan fingerprint density at radius 2 is 1.90 bits per heavy atom. The molecule has 106 valence electrons. The Morgan fingerprint density at radius 1 is 1.15 bits per heavy atom. The summed E-state index contributed by atoms with van der Waals surface area (Å²) in [6.07, 6.45) is 1.51. The third kappa shape index (κ3) is 3.48. The second kappa shape index (κ2) is 6.53. The van der Waals surface area contributed by atoms with E-state index in [1.54, 1.807) is 6.07 Å². The summed E-state index contributed by atoms with van der Waals surface area (Å²) in [4.78, 5) is 0. The van der Waals surface area contributed by atoms with E-state index >= 15 is 0 Å². The number of halogens is 2. The number of aromatic nitrogens is 2. The molecule has 0 saturated heterocycles. The third-order valence-electron chi connectivity index (χ3n) is 3.20. The zero-order valence-electron chi connectivity index (χ0n) is 11.5. The Hall–Kier alpha value is -1.16. The monoisotopic (exact) mass is 309 g/mol. The molecule has 0 saturated carbocycles. The van der Waals surface area contributed by atoms with Crippen LogP contribution in [0.1, 0.15) is 35.5 Å². The Kier molecular flexibility index (Phi) is 4.97. The molecule has 0 spiro atoms. The summed E-state index contributed by atoms with van der Waals surface area (Å²) in [5.74, 6) is 0. The van der Waals surface area contributed by atoms with Crippen LogP contribution in [0.5, 0.6) is 0 Å². The highest BCUT2D eigenvalue weighted by atomic mass is 35.5. The number of rotatable bonds is 4. The van der Waals surface area contributed by atoms with Crippen LogP contribution in [0.25, 0.3) is 0 Å². The van der Waals surface area contributed by atoms with Crippen molar-refractivity contribution in [1.82, 2.24) is 10.2 Å². The maximum atomic E-state index is 6.32. The topological polar surface area (TPSA) is 51.8 Å². The van der Waals surface area contributed by atoms with Crippen molar-refractivity contribution in [1.29, 1.82) is 0 Å². The molecule has 0 bridgehead atoms. The SMILES string of the molecule is CCc1nnc(C)cc1C(N)Cc1ccc(Cl)c(Cl)c1. The van der Waals surface area contributed by atoms with E-state index in [2.05, 4.69) is 17.1 Å². The number of hydrogen-bond acceptors (Lipinski definition) is 3. The summed E-state index contributed by atoms with van der Waals surface area (Å²) in [5, 5.41) is 9.40. The first-order valence-electron chi connectivity index (χ1n) is 6.54. The summed E-state index contributed by atoms with van der Waals surface area (Å²) in [5.41, 5.74) is 10.2. The van der Waals surface area contributed by atoms with Crippen LogP contribution in [0.2, 0.25) is 10.0 Å². The van der Waals surface area contributed by atoms with Crippen molar-refractivity contribution in [2.75, 3.05) is 0 Å². The van der Waals surface area contributed by atoms with Crippen LogP contribution in [0, 0.1) is 6.92 Å². The highest BCUT2D eigenvalue weighted by Gasteiger charge is 2.14. The van der Waals surface area contributed by atoms with Gasteiger partial charge in [0.25, 0.3) is 0 Å². The second-order valence-corrected chi connectivity index (χ2v) is 5.61. The molecule has 0 aliphatic heterocycles. The molecule has 0 aliphatic carbocycles. The predicted octanol–water partition coefficient (Wildman–Crippen LogP) is 3.90. The number of aryl methyl sites for hydroxylation is 2. The number of nitrogens with zero attached hydrogens (tertiary/aromatic N) is 2. The van der Waals surface area contributed by atoms with Crippen molar-refractivity contribution in [3.05, 3.63) is 56.8 Å². The predicted molar refractivity (Wildman–Crippen MR) is 83.2 cm³/mol. The van der Waals surface area contributed by atoms with Crippen LogP contribution >= 0.6 is 23.2 Å². The van der Waals surface area contributed by atoms with Crippen molar-refractivity contribution in [2.45, 2.75) is 32.7 Å². The first-order chi connectivity index (χ1) is 9.51. The van der Waals surface area contributed by atoms with Gasteiger partial charge < -0.3 is 5.73 Å². The van der Waals surface area contributed by atoms with Gasteiger partial charge in [-0.05, 0) is 49.1 Å². The molecule has 2 N–H and O–H groups in total. The van der Waals surface area contributed by atoms with Crippen molar-refractivity contribution in [2.24, 2.45) is 5.73 Å². The van der Waals surface area contributed by atoms with E-state index < -0.39 is 0 Å². The standard InChI is InChI=1S/C15H17Cl2N3/c1-3-15-11(6-9(2)19-20-15)14(18)8-10-4-5-12(16)13(17)7-10/h4-7,14H,3,8,18H2,1-2H3. The minimum atomic E-state index is -0.128. The molecule has 1 aromatic heterocycles. The van der Waals surface area contributed by atoms with Gasteiger partial charge in [0.2, 0.25) is 0 Å². The Morgan fingerprint density at radius 3 is 2.55 bits per heavy atom. The fourth-order valence-electron chi connectivity index (χ4n) is 2.16. The van der Waals surface area contributed by atoms with Crippen molar-refractivity contribution in [3.63, 3.8) is 0 Å². The molecule has 0 aliphatic rings. The van der Waals surface area contributed by atoms with Crippen LogP contribution in [0.15, 0.2) is 24.3 Å². The largest absolute Gasteiger partial charge is 0.324 e. The smallest absolute Gasteiger partial charge is 0.0676 e. The van der Waals surface area contributed by atoms with Crippen LogP contribution in [-0.4, -0.2) is 10.2 Å². The fourth-order valence-corrected chi connectivity index (χ4v) is 2.48. The van der Waals surface area contributed by atoms with Gasteiger partial charge in [0.05, 0.1) is 21.4 Å². The van der Waals surface area contributed by atoms with Crippen molar-refractivity contribution < 1.29 is 0 Å². The molecule has 20 heavy (non-hydrogen) atoms. The van der Waals surface area contributed by atoms with Gasteiger partial charge in [-0.3, -0.25) is 0 Å². The van der Waals surface area contributed by atoms with Gasteiger partial charge in [0.15, 0.2) is 0 Å². The molecule has 0 amide bonds. The number of nitrogens with two attached hydrogens (primary N) is 1. The molecule has 3 nitrogen and oxygen atoms in total. The van der Waals surface area contributed by atoms with Gasteiger partial charge >= 0.3 is 0 Å². The van der Waals surface area contributed by atoms with Crippen LogP contribution in [0.4, 0.5) is 0 Å². The van der Waals surface area contributed by atoms with E-state index in [4.69, 9.17) is 28.9 Å². The van der Waals surface area contributed by atoms with E-state index in [0.29, 0.717) is 16.5 Å². The Labute approximate surface area is 129 Å². The normalized spacial score (nSPS) is 12.4. The first kappa shape index (κ1) is 15.2. The van der Waals surface area contributed by atoms with E-state index in [9.17, 15) is 0 Å². The molecule has 1 aromatic carbocycles. The second-order valence-electron chi connectivity index (χ2n) is 4.80. The van der Waals surface area contributed by atoms with Crippen molar-refractivity contribution in [3.8, 4) is 0 Å². The summed E-state index contributed by atoms with van der Waals surface area (Å²) >= 11 is 12.0. The summed E-state index contributed by atoms with van der Waals surface area (Å²) in [6, 6.07) is 7.48. The highest BCUT2D eigenvalue weighted by molar-refractivity contribution is 6.42. The first-order valence-corrected chi connectivity index (χ1v) is 7.29. The zero-order valence-corrected chi connectivity index (χ0v) is 13.0. The molecular formula is C15H17Cl2N3. The lowest BCUT2D eigenvalue weighted by atomic mass is 9.97. The van der Waals surface area contributed by atoms with E-state index in [-0.39, 0.29) is 6.04 Å². The lowest BCUT2D eigenvalue weighted by molar-refractivity contribution is 0.691. The van der Waals surface area contributed by atoms with Crippen LogP contribution in [-0.2, 0) is 12.8 Å². The maximum Gasteiger partial charge on any atom is 0.0676 e. The van der Waals surface area contributed by atoms with Crippen molar-refractivity contribution >= 4 is 23.2 Å². The molecule has 1 atom stereocenters. The summed E-state index contributed by atoms with van der Waals surface area (Å²) < 4.78 is 0. The minimum Gasteiger partial charge on any atom is -0.324 e. The molecule has 2 rings (SSSR count). The third-order valence-corrected chi connectivity index (χ3v) is 3.94. The molecule has 2 aromatic rings. The van der Waals surface area contributed by atoms with Gasteiger partial charge in [0, 0.05) is 6.04 Å². The van der Waals surface area contributed by atoms with E-state index in [1.807, 2.05) is 25.1 Å². The highest BCUT2D eigenvalue weighted by Crippen LogP contribution is 2.25. The summed E-state index contributed by atoms with van der Waals surface area (Å²) in [6.45, 7) is 3.97. The van der Waals surface area contributed by atoms with Crippen LogP contribution in [0.3, 0.4) is 0 Å². The zero-order chi connectivity index (χ0) is 14.7. The molecule has 0 radical (unpaired) electrons. The average molecular weight is 310 g/mol.